The molecule has 0 aromatic heterocycles. The van der Waals surface area contributed by atoms with Crippen LogP contribution in [0.4, 0.5) is 0 Å². The van der Waals surface area contributed by atoms with Gasteiger partial charge in [0.15, 0.2) is 14.1 Å². The second-order valence-electron chi connectivity index (χ2n) is 6.74. The Hall–Kier alpha value is -1.21. The van der Waals surface area contributed by atoms with E-state index in [1.165, 1.54) is 0 Å². The van der Waals surface area contributed by atoms with Crippen molar-refractivity contribution < 1.29 is 0 Å². The fourth-order valence-electron chi connectivity index (χ4n) is 2.38. The van der Waals surface area contributed by atoms with Gasteiger partial charge in [-0.15, -0.1) is 11.8 Å². The van der Waals surface area contributed by atoms with Gasteiger partial charge in [-0.05, 0) is 5.92 Å². The number of nitrogens with zero attached hydrogens (tertiary/aromatic N) is 5. The molecule has 0 spiro atoms. The van der Waals surface area contributed by atoms with Crippen molar-refractivity contribution >= 4 is 25.0 Å². The van der Waals surface area contributed by atoms with Crippen LogP contribution in [0.3, 0.4) is 0 Å². The average Bonchev–Trinajstić information content (AvgIpc) is 3.05. The van der Waals surface area contributed by atoms with Crippen LogP contribution in [0.15, 0.2) is 17.6 Å². The summed E-state index contributed by atoms with van der Waals surface area (Å²) in [6, 6.07) is 0.395. The van der Waals surface area contributed by atoms with E-state index < -0.39 is 8.24 Å². The predicted octanol–water partition coefficient (Wildman–Crippen LogP) is 2.98. The molecule has 0 amide bonds. The highest BCUT2D eigenvalue weighted by molar-refractivity contribution is 8.14. The van der Waals surface area contributed by atoms with Crippen molar-refractivity contribution in [3.05, 3.63) is 18.3 Å². The standard InChI is InChI=1S/C14H21N5SSi/c1-9(2)10-6-20-14(18-10)12-11-13(16-7-15-11)17-8-19(12)21(3,4)5/h7-10H,6H2,1-5H3. The fourth-order valence-corrected chi connectivity index (χ4v) is 5.08. The van der Waals surface area contributed by atoms with E-state index in [0.717, 1.165) is 28.0 Å². The summed E-state index contributed by atoms with van der Waals surface area (Å²) >= 11 is 1.84. The summed E-state index contributed by atoms with van der Waals surface area (Å²) < 4.78 is 2.30. The van der Waals surface area contributed by atoms with E-state index in [1.54, 1.807) is 6.33 Å². The lowest BCUT2D eigenvalue weighted by atomic mass is 10.1. The SMILES string of the molecule is CC(C)C1CSC(c2c3ncnc-3ncn2[Si](C)(C)C)=N1. The van der Waals surface area contributed by atoms with Crippen LogP contribution in [0.1, 0.15) is 19.5 Å². The summed E-state index contributed by atoms with van der Waals surface area (Å²) in [5.41, 5.74) is 2.00. The van der Waals surface area contributed by atoms with Crippen LogP contribution < -0.4 is 0 Å². The minimum Gasteiger partial charge on any atom is -0.357 e. The Morgan fingerprint density at radius 3 is 2.62 bits per heavy atom. The molecule has 0 aliphatic carbocycles. The highest BCUT2D eigenvalue weighted by Gasteiger charge is 2.31. The maximum absolute atomic E-state index is 4.95. The molecule has 0 aromatic rings. The first-order valence-corrected chi connectivity index (χ1v) is 11.7. The zero-order chi connectivity index (χ0) is 15.2. The van der Waals surface area contributed by atoms with Gasteiger partial charge in [-0.1, -0.05) is 33.5 Å². The summed E-state index contributed by atoms with van der Waals surface area (Å²) in [5, 5.41) is 1.10. The Morgan fingerprint density at radius 2 is 2.00 bits per heavy atom. The normalized spacial score (nSPS) is 19.5. The Labute approximate surface area is 130 Å². The molecule has 0 radical (unpaired) electrons. The van der Waals surface area contributed by atoms with E-state index in [9.17, 15) is 0 Å². The van der Waals surface area contributed by atoms with Crippen molar-refractivity contribution in [3.63, 3.8) is 0 Å². The van der Waals surface area contributed by atoms with Gasteiger partial charge in [-0.2, -0.15) is 0 Å². The van der Waals surface area contributed by atoms with Gasteiger partial charge in [0.05, 0.1) is 18.1 Å². The Balaban J connectivity index is 2.17. The third kappa shape index (κ3) is 2.64. The second-order valence-corrected chi connectivity index (χ2v) is 12.6. The van der Waals surface area contributed by atoms with Gasteiger partial charge in [0.2, 0.25) is 0 Å². The van der Waals surface area contributed by atoms with E-state index in [2.05, 4.69) is 52.7 Å². The molecule has 112 valence electrons. The van der Waals surface area contributed by atoms with Crippen LogP contribution >= 0.6 is 11.8 Å². The third-order valence-corrected chi connectivity index (χ3v) is 6.57. The van der Waals surface area contributed by atoms with E-state index >= 15 is 0 Å². The van der Waals surface area contributed by atoms with Crippen molar-refractivity contribution in [2.24, 2.45) is 10.9 Å². The molecular formula is C14H21N5SSi. The molecule has 0 fully saturated rings. The van der Waals surface area contributed by atoms with E-state index in [1.807, 2.05) is 18.1 Å². The maximum Gasteiger partial charge on any atom is 0.183 e. The first kappa shape index (κ1) is 14.7. The molecule has 21 heavy (non-hydrogen) atoms. The second kappa shape index (κ2) is 5.21. The highest BCUT2D eigenvalue weighted by atomic mass is 32.2. The van der Waals surface area contributed by atoms with Gasteiger partial charge >= 0.3 is 0 Å². The van der Waals surface area contributed by atoms with Crippen LogP contribution in [0.2, 0.25) is 19.6 Å². The predicted molar refractivity (Wildman–Crippen MR) is 90.8 cm³/mol. The lowest BCUT2D eigenvalue weighted by Gasteiger charge is -2.25. The number of aromatic nitrogens is 4. The number of hydrogen-bond acceptors (Lipinski definition) is 5. The minimum atomic E-state index is -1.59. The molecule has 0 saturated carbocycles. The highest BCUT2D eigenvalue weighted by Crippen LogP contribution is 2.32. The summed E-state index contributed by atoms with van der Waals surface area (Å²) in [6.45, 7) is 11.4. The van der Waals surface area contributed by atoms with Crippen LogP contribution in [0, 0.1) is 5.92 Å². The van der Waals surface area contributed by atoms with E-state index in [0.29, 0.717) is 12.0 Å². The number of thioether (sulfide) groups is 1. The van der Waals surface area contributed by atoms with Crippen LogP contribution in [0.5, 0.6) is 0 Å². The van der Waals surface area contributed by atoms with Gasteiger partial charge in [0.25, 0.3) is 0 Å². The summed E-state index contributed by atoms with van der Waals surface area (Å²) in [4.78, 5) is 18.1. The summed E-state index contributed by atoms with van der Waals surface area (Å²) in [6.07, 6.45) is 3.51. The van der Waals surface area contributed by atoms with Crippen molar-refractivity contribution in [1.82, 2.24) is 19.2 Å². The Bertz CT molecular complexity index is 658. The number of rotatable bonds is 3. The van der Waals surface area contributed by atoms with Crippen molar-refractivity contribution in [3.8, 4) is 11.5 Å². The molecule has 1 unspecified atom stereocenters. The number of aliphatic imine (C=N–C) groups is 1. The average molecular weight is 320 g/mol. The van der Waals surface area contributed by atoms with Gasteiger partial charge < -0.3 is 4.23 Å². The van der Waals surface area contributed by atoms with Gasteiger partial charge in [-0.25, -0.2) is 15.0 Å². The largest absolute Gasteiger partial charge is 0.357 e. The molecule has 5 nitrogen and oxygen atoms in total. The minimum absolute atomic E-state index is 0.395. The molecule has 0 bridgehead atoms. The van der Waals surface area contributed by atoms with Crippen molar-refractivity contribution in [1.29, 1.82) is 0 Å². The molecule has 3 aliphatic rings. The van der Waals surface area contributed by atoms with Gasteiger partial charge in [-0.3, -0.25) is 4.99 Å². The van der Waals surface area contributed by atoms with Gasteiger partial charge in [0.1, 0.15) is 17.1 Å². The number of fused-ring (bicyclic) bond motifs is 1. The number of hydrogen-bond donors (Lipinski definition) is 0. The molecule has 3 rings (SSSR count). The topological polar surface area (TPSA) is 56.0 Å². The summed E-state index contributed by atoms with van der Waals surface area (Å²) in [7, 11) is -1.59. The lowest BCUT2D eigenvalue weighted by Crippen LogP contribution is -2.36. The first-order valence-electron chi connectivity index (χ1n) is 7.27. The number of imidazole rings is 1. The Morgan fingerprint density at radius 1 is 1.24 bits per heavy atom. The van der Waals surface area contributed by atoms with Crippen molar-refractivity contribution in [2.45, 2.75) is 39.5 Å². The quantitative estimate of drug-likeness (QED) is 0.816. The molecule has 3 aliphatic heterocycles. The van der Waals surface area contributed by atoms with E-state index in [4.69, 9.17) is 4.99 Å². The van der Waals surface area contributed by atoms with Crippen LogP contribution in [-0.4, -0.2) is 44.3 Å². The van der Waals surface area contributed by atoms with Crippen LogP contribution in [-0.2, 0) is 0 Å². The van der Waals surface area contributed by atoms with Gasteiger partial charge in [0, 0.05) is 5.75 Å². The smallest absolute Gasteiger partial charge is 0.183 e. The third-order valence-electron chi connectivity index (χ3n) is 3.71. The molecule has 7 heteroatoms. The van der Waals surface area contributed by atoms with Crippen molar-refractivity contribution in [2.75, 3.05) is 5.75 Å². The van der Waals surface area contributed by atoms with Crippen LogP contribution in [0.25, 0.3) is 11.5 Å². The molecular weight excluding hydrogens is 298 g/mol. The molecule has 1 atom stereocenters. The molecule has 0 aromatic carbocycles. The molecule has 0 N–H and O–H groups in total. The zero-order valence-corrected chi connectivity index (χ0v) is 15.0. The Kier molecular flexibility index (Phi) is 3.65. The summed E-state index contributed by atoms with van der Waals surface area (Å²) in [5.74, 6) is 2.34. The zero-order valence-electron chi connectivity index (χ0n) is 13.2. The molecule has 0 saturated heterocycles. The fraction of sp³-hybridized carbons (Fsp3) is 0.571. The first-order chi connectivity index (χ1) is 9.88. The maximum atomic E-state index is 4.95. The van der Waals surface area contributed by atoms with E-state index in [-0.39, 0.29) is 0 Å². The monoisotopic (exact) mass is 319 g/mol. The lowest BCUT2D eigenvalue weighted by molar-refractivity contribution is 0.543. The molecule has 3 heterocycles.